The fourth-order valence-corrected chi connectivity index (χ4v) is 3.13. The molecular weight excluding hydrogens is 551 g/mol. The normalized spacial score (nSPS) is 12.4. The summed E-state index contributed by atoms with van der Waals surface area (Å²) in [5, 5.41) is 0. The minimum atomic E-state index is 0. The molecule has 4 aromatic rings. The molecule has 0 N–H and O–H groups in total. The molecule has 1 aliphatic rings. The number of rotatable bonds is 4. The van der Waals surface area contributed by atoms with Crippen molar-refractivity contribution in [3.63, 3.8) is 0 Å². The van der Waals surface area contributed by atoms with Gasteiger partial charge in [0.1, 0.15) is 11.6 Å². The molecule has 5 heterocycles. The zero-order valence-electron chi connectivity index (χ0n) is 15.8. The summed E-state index contributed by atoms with van der Waals surface area (Å²) in [6.07, 6.45) is 11.1. The van der Waals surface area contributed by atoms with E-state index in [1.54, 1.807) is 24.8 Å². The number of hydrogen-bond acceptors (Lipinski definition) is 6. The topological polar surface area (TPSA) is 58.0 Å². The Morgan fingerprint density at radius 1 is 0.567 bits per heavy atom. The number of hydrogen-bond donors (Lipinski definition) is 0. The Labute approximate surface area is 189 Å². The third-order valence-corrected chi connectivity index (χ3v) is 4.58. The molecule has 0 saturated carbocycles. The summed E-state index contributed by atoms with van der Waals surface area (Å²) in [6.45, 7) is 0. The van der Waals surface area contributed by atoms with Gasteiger partial charge in [0.25, 0.3) is 0 Å². The van der Waals surface area contributed by atoms with Crippen LogP contribution in [0.25, 0.3) is 22.5 Å². The molecular formula is C22H16BIrN6. The largest absolute Gasteiger partial charge is 0.402 e. The summed E-state index contributed by atoms with van der Waals surface area (Å²) in [7, 11) is 1.95. The molecule has 146 valence electrons. The number of anilines is 2. The second-order valence-corrected chi connectivity index (χ2v) is 6.46. The van der Waals surface area contributed by atoms with Gasteiger partial charge < -0.3 is 9.62 Å². The van der Waals surface area contributed by atoms with Crippen molar-refractivity contribution in [1.82, 2.24) is 19.9 Å². The van der Waals surface area contributed by atoms with E-state index >= 15 is 0 Å². The molecule has 0 unspecified atom stereocenters. The quantitative estimate of drug-likeness (QED) is 0.349. The van der Waals surface area contributed by atoms with Crippen LogP contribution in [0.2, 0.25) is 0 Å². The molecule has 0 aliphatic carbocycles. The molecule has 4 aromatic heterocycles. The first-order valence-electron chi connectivity index (χ1n) is 9.22. The van der Waals surface area contributed by atoms with Crippen LogP contribution in [0, 0.1) is 0 Å². The van der Waals surface area contributed by atoms with Crippen LogP contribution in [0.15, 0.2) is 97.9 Å². The number of nitrogens with zero attached hydrogens (tertiary/aromatic N) is 6. The standard InChI is InChI=1S/C22H16BN6.Ir/c1-3-9-24-19(5-1)17-7-11-26-21(15-17)28-13-14-29(23-28)22-16-18(8-12-27-22)20-6-2-4-10-25-20;/h1-16H;. The summed E-state index contributed by atoms with van der Waals surface area (Å²) in [5.41, 5.74) is 3.87. The fourth-order valence-electron chi connectivity index (χ4n) is 3.13. The maximum atomic E-state index is 4.50. The smallest absolute Gasteiger partial charge is 0.358 e. The third-order valence-electron chi connectivity index (χ3n) is 4.58. The first kappa shape index (κ1) is 19.9. The summed E-state index contributed by atoms with van der Waals surface area (Å²) >= 11 is 0. The molecule has 1 aliphatic heterocycles. The Balaban J connectivity index is 0.00000218. The van der Waals surface area contributed by atoms with Gasteiger partial charge >= 0.3 is 7.55 Å². The van der Waals surface area contributed by atoms with E-state index in [1.165, 1.54) is 0 Å². The number of aromatic nitrogens is 4. The maximum absolute atomic E-state index is 4.50. The molecule has 2 radical (unpaired) electrons. The van der Waals surface area contributed by atoms with Crippen LogP contribution < -0.4 is 9.62 Å². The first-order chi connectivity index (χ1) is 14.4. The van der Waals surface area contributed by atoms with Crippen molar-refractivity contribution < 1.29 is 20.1 Å². The van der Waals surface area contributed by atoms with Crippen LogP contribution in [0.5, 0.6) is 0 Å². The average Bonchev–Trinajstić information content (AvgIpc) is 3.31. The van der Waals surface area contributed by atoms with E-state index in [0.717, 1.165) is 34.2 Å². The van der Waals surface area contributed by atoms with Gasteiger partial charge in [-0.25, -0.2) is 9.97 Å². The zero-order valence-corrected chi connectivity index (χ0v) is 18.2. The molecule has 0 bridgehead atoms. The van der Waals surface area contributed by atoms with Crippen LogP contribution in [0.4, 0.5) is 11.6 Å². The van der Waals surface area contributed by atoms with Gasteiger partial charge in [-0.1, -0.05) is 12.1 Å². The van der Waals surface area contributed by atoms with Gasteiger partial charge in [0.05, 0.1) is 11.4 Å². The van der Waals surface area contributed by atoms with Gasteiger partial charge in [0.2, 0.25) is 0 Å². The Bertz CT molecular complexity index is 1070. The molecule has 6 nitrogen and oxygen atoms in total. The molecule has 0 atom stereocenters. The summed E-state index contributed by atoms with van der Waals surface area (Å²) in [4.78, 5) is 21.8. The van der Waals surface area contributed by atoms with E-state index in [-0.39, 0.29) is 20.1 Å². The first-order valence-corrected chi connectivity index (χ1v) is 9.22. The van der Waals surface area contributed by atoms with Crippen LogP contribution in [0.1, 0.15) is 0 Å². The van der Waals surface area contributed by atoms with Crippen molar-refractivity contribution >= 4 is 19.2 Å². The van der Waals surface area contributed by atoms with Crippen LogP contribution >= 0.6 is 0 Å². The zero-order chi connectivity index (χ0) is 19.5. The van der Waals surface area contributed by atoms with E-state index in [4.69, 9.17) is 0 Å². The molecule has 0 aromatic carbocycles. The fraction of sp³-hybridized carbons (Fsp3) is 0. The predicted octanol–water partition coefficient (Wildman–Crippen LogP) is 3.93. The van der Waals surface area contributed by atoms with Gasteiger partial charge in [0.15, 0.2) is 0 Å². The molecule has 5 rings (SSSR count). The molecule has 0 fully saturated rings. The monoisotopic (exact) mass is 568 g/mol. The van der Waals surface area contributed by atoms with Crippen LogP contribution in [-0.2, 0) is 20.1 Å². The SMILES string of the molecule is [B]1N(c2cc(-c3ccccn3)ccn2)C=CN1c1cc(-c2ccccn2)ccn1.[Ir]. The van der Waals surface area contributed by atoms with Gasteiger partial charge in [-0.15, -0.1) is 0 Å². The summed E-state index contributed by atoms with van der Waals surface area (Å²) in [6, 6.07) is 19.7. The van der Waals surface area contributed by atoms with Crippen LogP contribution in [-0.4, -0.2) is 27.5 Å². The van der Waals surface area contributed by atoms with E-state index in [9.17, 15) is 0 Å². The number of pyridine rings is 4. The van der Waals surface area contributed by atoms with Gasteiger partial charge in [0, 0.05) is 68.4 Å². The molecule has 8 heteroatoms. The van der Waals surface area contributed by atoms with Gasteiger partial charge in [-0.2, -0.15) is 0 Å². The second kappa shape index (κ2) is 8.99. The van der Waals surface area contributed by atoms with E-state index < -0.39 is 0 Å². The Kier molecular flexibility index (Phi) is 5.98. The van der Waals surface area contributed by atoms with Gasteiger partial charge in [-0.3, -0.25) is 9.97 Å². The van der Waals surface area contributed by atoms with Crippen molar-refractivity contribution in [3.8, 4) is 22.5 Å². The van der Waals surface area contributed by atoms with Crippen molar-refractivity contribution in [2.75, 3.05) is 9.62 Å². The minimum absolute atomic E-state index is 0. The Morgan fingerprint density at radius 3 is 1.50 bits per heavy atom. The third kappa shape index (κ3) is 4.15. The average molecular weight is 567 g/mol. The molecule has 0 amide bonds. The van der Waals surface area contributed by atoms with Crippen molar-refractivity contribution in [2.45, 2.75) is 0 Å². The predicted molar refractivity (Wildman–Crippen MR) is 115 cm³/mol. The molecule has 30 heavy (non-hydrogen) atoms. The van der Waals surface area contributed by atoms with E-state index in [0.29, 0.717) is 0 Å². The summed E-state index contributed by atoms with van der Waals surface area (Å²) < 4.78 is 0. The minimum Gasteiger partial charge on any atom is -0.358 e. The Morgan fingerprint density at radius 2 is 1.07 bits per heavy atom. The summed E-state index contributed by atoms with van der Waals surface area (Å²) in [5.74, 6) is 1.63. The van der Waals surface area contributed by atoms with E-state index in [2.05, 4.69) is 19.9 Å². The molecule has 0 spiro atoms. The van der Waals surface area contributed by atoms with Crippen molar-refractivity contribution in [1.29, 1.82) is 0 Å². The second-order valence-electron chi connectivity index (χ2n) is 6.46. The van der Waals surface area contributed by atoms with Gasteiger partial charge in [-0.05, 0) is 48.5 Å². The van der Waals surface area contributed by atoms with Crippen LogP contribution in [0.3, 0.4) is 0 Å². The van der Waals surface area contributed by atoms with E-state index in [1.807, 2.05) is 90.2 Å². The Hall–Kier alpha value is -3.35. The molecule has 0 saturated heterocycles. The maximum Gasteiger partial charge on any atom is 0.402 e. The van der Waals surface area contributed by atoms with Crippen molar-refractivity contribution in [3.05, 3.63) is 97.9 Å². The van der Waals surface area contributed by atoms with Crippen molar-refractivity contribution in [2.24, 2.45) is 0 Å².